The highest BCUT2D eigenvalue weighted by Gasteiger charge is 2.44. The summed E-state index contributed by atoms with van der Waals surface area (Å²) in [5.41, 5.74) is 1.55. The fourth-order valence-electron chi connectivity index (χ4n) is 4.60. The molecule has 0 amide bonds. The number of aliphatic hydroxyl groups excluding tert-OH is 8. The third-order valence-electron chi connectivity index (χ3n) is 7.35. The number of hydrogen-bond donors (Lipinski definition) is 8. The van der Waals surface area contributed by atoms with Crippen LogP contribution in [-0.2, 0) is 14.9 Å². The van der Waals surface area contributed by atoms with E-state index in [1.807, 2.05) is 38.1 Å². The zero-order valence-corrected chi connectivity index (χ0v) is 21.5. The Morgan fingerprint density at radius 1 is 0.538 bits per heavy atom. The number of benzene rings is 2. The van der Waals surface area contributed by atoms with Crippen molar-refractivity contribution in [2.75, 3.05) is 13.2 Å². The van der Waals surface area contributed by atoms with E-state index in [1.165, 1.54) is 0 Å². The van der Waals surface area contributed by atoms with E-state index in [0.717, 1.165) is 11.1 Å². The van der Waals surface area contributed by atoms with Crippen LogP contribution < -0.4 is 9.47 Å². The van der Waals surface area contributed by atoms with Gasteiger partial charge < -0.3 is 59.8 Å². The van der Waals surface area contributed by atoms with Gasteiger partial charge in [0, 0.05) is 5.41 Å². The molecular formula is C27H36O12. The van der Waals surface area contributed by atoms with Crippen LogP contribution in [0.3, 0.4) is 0 Å². The van der Waals surface area contributed by atoms with Gasteiger partial charge in [0.05, 0.1) is 0 Å². The second kappa shape index (κ2) is 12.0. The standard InChI is InChI=1S/C27H36O12/c1-27(2,13-3-7-15(8-4-13)36-11-17-19(28)21(30)23(32)25(34)38-17)14-5-9-16(10-6-14)37-12-18-20(29)22(31)24(33)26(35)39-18/h3-10,17-26,28-35H,11-12H2,1-2H3/t17-,18-,19-,20-,21+,22+,23-,24-,25?,26?/m1/s1. The summed E-state index contributed by atoms with van der Waals surface area (Å²) in [6.07, 6.45) is -14.4. The number of rotatable bonds is 8. The monoisotopic (exact) mass is 552 g/mol. The molecule has 4 rings (SSSR count). The average molecular weight is 553 g/mol. The minimum atomic E-state index is -1.63. The van der Waals surface area contributed by atoms with Gasteiger partial charge in [-0.05, 0) is 35.4 Å². The summed E-state index contributed by atoms with van der Waals surface area (Å²) in [6.45, 7) is 3.79. The van der Waals surface area contributed by atoms with Gasteiger partial charge in [0.2, 0.25) is 0 Å². The molecule has 0 radical (unpaired) electrons. The summed E-state index contributed by atoms with van der Waals surface area (Å²) >= 11 is 0. The highest BCUT2D eigenvalue weighted by Crippen LogP contribution is 2.34. The van der Waals surface area contributed by atoms with Crippen molar-refractivity contribution in [1.29, 1.82) is 0 Å². The molecule has 2 heterocycles. The zero-order chi connectivity index (χ0) is 28.5. The molecule has 2 aromatic carbocycles. The predicted octanol–water partition coefficient (Wildman–Crippen LogP) is -1.63. The normalized spacial score (nSPS) is 35.4. The van der Waals surface area contributed by atoms with Gasteiger partial charge >= 0.3 is 0 Å². The Hall–Kier alpha value is -2.36. The van der Waals surface area contributed by atoms with Crippen LogP contribution in [-0.4, -0.2) is 115 Å². The Morgan fingerprint density at radius 3 is 1.21 bits per heavy atom. The molecule has 2 aliphatic heterocycles. The third kappa shape index (κ3) is 6.36. The van der Waals surface area contributed by atoms with Gasteiger partial charge in [0.1, 0.15) is 73.5 Å². The maximum absolute atomic E-state index is 10.1. The van der Waals surface area contributed by atoms with E-state index in [0.29, 0.717) is 11.5 Å². The summed E-state index contributed by atoms with van der Waals surface area (Å²) in [7, 11) is 0. The van der Waals surface area contributed by atoms with Crippen molar-refractivity contribution in [2.45, 2.75) is 80.7 Å². The third-order valence-corrected chi connectivity index (χ3v) is 7.35. The van der Waals surface area contributed by atoms with Crippen LogP contribution in [0.4, 0.5) is 0 Å². The number of ether oxygens (including phenoxy) is 4. The first kappa shape index (κ1) is 29.6. The van der Waals surface area contributed by atoms with E-state index in [2.05, 4.69) is 0 Å². The van der Waals surface area contributed by atoms with Crippen molar-refractivity contribution in [3.8, 4) is 11.5 Å². The molecule has 12 nitrogen and oxygen atoms in total. The molecule has 0 aliphatic carbocycles. The Labute approximate surface area is 225 Å². The van der Waals surface area contributed by atoms with Gasteiger partial charge in [0.25, 0.3) is 0 Å². The Balaban J connectivity index is 1.33. The topological polar surface area (TPSA) is 199 Å². The maximum Gasteiger partial charge on any atom is 0.184 e. The summed E-state index contributed by atoms with van der Waals surface area (Å²) in [5.74, 6) is 0.971. The van der Waals surface area contributed by atoms with Crippen molar-refractivity contribution in [2.24, 2.45) is 0 Å². The molecule has 0 spiro atoms. The van der Waals surface area contributed by atoms with Crippen LogP contribution in [0.15, 0.2) is 48.5 Å². The second-order valence-corrected chi connectivity index (χ2v) is 10.4. The fraction of sp³-hybridized carbons (Fsp3) is 0.556. The largest absolute Gasteiger partial charge is 0.491 e. The lowest BCUT2D eigenvalue weighted by atomic mass is 9.78. The molecule has 0 bridgehead atoms. The quantitative estimate of drug-likeness (QED) is 0.186. The van der Waals surface area contributed by atoms with Gasteiger partial charge in [-0.2, -0.15) is 0 Å². The lowest BCUT2D eigenvalue weighted by Crippen LogP contribution is -2.58. The van der Waals surface area contributed by atoms with E-state index in [-0.39, 0.29) is 13.2 Å². The van der Waals surface area contributed by atoms with Crippen molar-refractivity contribution in [3.05, 3.63) is 59.7 Å². The van der Waals surface area contributed by atoms with E-state index in [4.69, 9.17) is 18.9 Å². The Morgan fingerprint density at radius 2 is 0.872 bits per heavy atom. The van der Waals surface area contributed by atoms with Crippen LogP contribution in [0, 0.1) is 0 Å². The smallest absolute Gasteiger partial charge is 0.184 e. The minimum Gasteiger partial charge on any atom is -0.491 e. The summed E-state index contributed by atoms with van der Waals surface area (Å²) in [4.78, 5) is 0. The van der Waals surface area contributed by atoms with Crippen molar-refractivity contribution in [1.82, 2.24) is 0 Å². The van der Waals surface area contributed by atoms with Crippen LogP contribution in [0.2, 0.25) is 0 Å². The molecule has 10 atom stereocenters. The SMILES string of the molecule is CC(C)(c1ccc(OC[C@H]2OC(O)[C@H](O)[C@@H](O)[C@@H]2O)cc1)c1ccc(OC[C@H]2OC(O)[C@H](O)[C@@H](O)[C@@H]2O)cc1. The summed E-state index contributed by atoms with van der Waals surface area (Å²) in [6, 6.07) is 14.6. The molecule has 2 fully saturated rings. The number of hydrogen-bond acceptors (Lipinski definition) is 12. The van der Waals surface area contributed by atoms with Crippen LogP contribution in [0.1, 0.15) is 25.0 Å². The molecule has 8 N–H and O–H groups in total. The van der Waals surface area contributed by atoms with Crippen LogP contribution in [0.25, 0.3) is 0 Å². The molecule has 2 aromatic rings. The highest BCUT2D eigenvalue weighted by atomic mass is 16.7. The van der Waals surface area contributed by atoms with E-state index < -0.39 is 66.8 Å². The lowest BCUT2D eigenvalue weighted by molar-refractivity contribution is -0.285. The lowest BCUT2D eigenvalue weighted by Gasteiger charge is -2.38. The van der Waals surface area contributed by atoms with Crippen molar-refractivity contribution < 1.29 is 59.8 Å². The Bertz CT molecular complexity index is 978. The van der Waals surface area contributed by atoms with E-state index >= 15 is 0 Å². The highest BCUT2D eigenvalue weighted by molar-refractivity contribution is 5.41. The molecule has 2 saturated heterocycles. The maximum atomic E-state index is 10.1. The predicted molar refractivity (Wildman–Crippen MR) is 134 cm³/mol. The van der Waals surface area contributed by atoms with Gasteiger partial charge in [-0.3, -0.25) is 0 Å². The molecular weight excluding hydrogens is 516 g/mol. The fourth-order valence-corrected chi connectivity index (χ4v) is 4.60. The molecule has 2 aliphatic rings. The van der Waals surface area contributed by atoms with Crippen molar-refractivity contribution in [3.63, 3.8) is 0 Å². The molecule has 12 heteroatoms. The molecule has 216 valence electrons. The average Bonchev–Trinajstić information content (AvgIpc) is 2.93. The first-order chi connectivity index (χ1) is 18.4. The van der Waals surface area contributed by atoms with Crippen LogP contribution in [0.5, 0.6) is 11.5 Å². The Kier molecular flexibility index (Phi) is 9.13. The van der Waals surface area contributed by atoms with Gasteiger partial charge in [-0.15, -0.1) is 0 Å². The van der Waals surface area contributed by atoms with Crippen molar-refractivity contribution >= 4 is 0 Å². The van der Waals surface area contributed by atoms with Gasteiger partial charge in [-0.25, -0.2) is 0 Å². The van der Waals surface area contributed by atoms with E-state index in [1.54, 1.807) is 24.3 Å². The molecule has 2 unspecified atom stereocenters. The van der Waals surface area contributed by atoms with Gasteiger partial charge in [-0.1, -0.05) is 38.1 Å². The number of aliphatic hydroxyl groups is 8. The summed E-state index contributed by atoms with van der Waals surface area (Å²) < 4.78 is 21.6. The first-order valence-corrected chi connectivity index (χ1v) is 12.6. The molecule has 39 heavy (non-hydrogen) atoms. The summed E-state index contributed by atoms with van der Waals surface area (Å²) in [5, 5.41) is 78.2. The minimum absolute atomic E-state index is 0.145. The second-order valence-electron chi connectivity index (χ2n) is 10.4. The van der Waals surface area contributed by atoms with Gasteiger partial charge in [0.15, 0.2) is 12.6 Å². The zero-order valence-electron chi connectivity index (χ0n) is 21.5. The first-order valence-electron chi connectivity index (χ1n) is 12.6. The molecule has 0 saturated carbocycles. The molecule has 0 aromatic heterocycles. The van der Waals surface area contributed by atoms with E-state index in [9.17, 15) is 40.9 Å². The van der Waals surface area contributed by atoms with Crippen LogP contribution >= 0.6 is 0 Å².